The highest BCUT2D eigenvalue weighted by atomic mass is 16.5. The van der Waals surface area contributed by atoms with E-state index >= 15 is 0 Å². The highest BCUT2D eigenvalue weighted by Crippen LogP contribution is 2.31. The lowest BCUT2D eigenvalue weighted by Gasteiger charge is -2.25. The van der Waals surface area contributed by atoms with Gasteiger partial charge in [-0.2, -0.15) is 0 Å². The molecule has 0 unspecified atom stereocenters. The van der Waals surface area contributed by atoms with E-state index in [1.807, 2.05) is 6.92 Å². The molecule has 0 saturated carbocycles. The van der Waals surface area contributed by atoms with Gasteiger partial charge in [0, 0.05) is 26.3 Å². The molecule has 0 saturated heterocycles. The number of hydrogen-bond acceptors (Lipinski definition) is 7. The maximum absolute atomic E-state index is 12.6. The van der Waals surface area contributed by atoms with Crippen molar-refractivity contribution in [1.82, 2.24) is 5.32 Å². The second-order valence-electron chi connectivity index (χ2n) is 7.00. The van der Waals surface area contributed by atoms with Crippen molar-refractivity contribution in [3.8, 4) is 11.8 Å². The Morgan fingerprint density at radius 2 is 1.67 bits per heavy atom. The fourth-order valence-electron chi connectivity index (χ4n) is 2.46. The zero-order valence-corrected chi connectivity index (χ0v) is 18.8. The van der Waals surface area contributed by atoms with Gasteiger partial charge >= 0.3 is 17.9 Å². The number of nitrogens with one attached hydrogen (secondary N) is 1. The molecule has 0 spiro atoms. The minimum Gasteiger partial charge on any atom is -0.468 e. The molecular formula is C22H33NO7. The second kappa shape index (κ2) is 14.2. The van der Waals surface area contributed by atoms with E-state index in [4.69, 9.17) is 14.2 Å². The maximum Gasteiger partial charge on any atom is 0.335 e. The van der Waals surface area contributed by atoms with Crippen LogP contribution in [0.3, 0.4) is 0 Å². The van der Waals surface area contributed by atoms with Crippen molar-refractivity contribution >= 4 is 23.8 Å². The molecule has 0 rings (SSSR count). The first-order valence-corrected chi connectivity index (χ1v) is 9.91. The summed E-state index contributed by atoms with van der Waals surface area (Å²) in [5.74, 6) is 3.18. The summed E-state index contributed by atoms with van der Waals surface area (Å²) >= 11 is 0. The third-order valence-corrected chi connectivity index (χ3v) is 4.15. The van der Waals surface area contributed by atoms with Crippen LogP contribution in [0.1, 0.15) is 59.8 Å². The number of esters is 3. The third kappa shape index (κ3) is 9.12. The predicted octanol–water partition coefficient (Wildman–Crippen LogP) is 2.31. The quantitative estimate of drug-likeness (QED) is 0.136. The monoisotopic (exact) mass is 423 g/mol. The second-order valence-corrected chi connectivity index (χ2v) is 7.00. The van der Waals surface area contributed by atoms with Gasteiger partial charge in [-0.1, -0.05) is 19.4 Å². The Bertz CT molecular complexity index is 682. The lowest BCUT2D eigenvalue weighted by Crippen LogP contribution is -2.41. The van der Waals surface area contributed by atoms with Gasteiger partial charge in [-0.25, -0.2) is 4.79 Å². The van der Waals surface area contributed by atoms with Crippen molar-refractivity contribution in [3.05, 3.63) is 11.6 Å². The first-order chi connectivity index (χ1) is 14.1. The fraction of sp³-hybridized carbons (Fsp3) is 0.636. The van der Waals surface area contributed by atoms with Gasteiger partial charge in [0.1, 0.15) is 0 Å². The van der Waals surface area contributed by atoms with Crippen LogP contribution in [0.15, 0.2) is 11.6 Å². The molecule has 0 aliphatic carbocycles. The summed E-state index contributed by atoms with van der Waals surface area (Å²) in [7, 11) is 2.33. The standard InChI is InChI=1S/C22H33NO7/c1-7-8-9-10-11-13-22(20(26)28-5,21(27)29-6)14-12-18(15-23-17(4)24)19(25)30-16(2)3/h12,16H,7-9,13-15H2,1-6H3,(H,23,24)/b18-12-. The SMILES string of the molecule is CCCCC#CCC(C/C=C(/CNC(C)=O)C(=O)OC(C)C)(C(=O)OC)C(=O)OC. The summed E-state index contributed by atoms with van der Waals surface area (Å²) < 4.78 is 14.9. The Labute approximate surface area is 178 Å². The fourth-order valence-corrected chi connectivity index (χ4v) is 2.46. The first-order valence-electron chi connectivity index (χ1n) is 9.91. The topological polar surface area (TPSA) is 108 Å². The number of allylic oxidation sites excluding steroid dienone is 1. The van der Waals surface area contributed by atoms with Crippen LogP contribution >= 0.6 is 0 Å². The number of rotatable bonds is 11. The highest BCUT2D eigenvalue weighted by Gasteiger charge is 2.47. The number of methoxy groups -OCH3 is 2. The van der Waals surface area contributed by atoms with Crippen LogP contribution in [-0.2, 0) is 33.4 Å². The van der Waals surface area contributed by atoms with Gasteiger partial charge in [0.25, 0.3) is 0 Å². The number of hydrogen-bond donors (Lipinski definition) is 1. The summed E-state index contributed by atoms with van der Waals surface area (Å²) in [6, 6.07) is 0. The number of carbonyl (C=O) groups is 4. The summed E-state index contributed by atoms with van der Waals surface area (Å²) in [5, 5.41) is 2.52. The van der Waals surface area contributed by atoms with Crippen molar-refractivity contribution in [2.45, 2.75) is 65.9 Å². The minimum absolute atomic E-state index is 0.107. The molecule has 0 aromatic heterocycles. The largest absolute Gasteiger partial charge is 0.468 e. The molecule has 0 heterocycles. The molecule has 0 aromatic rings. The molecule has 0 atom stereocenters. The van der Waals surface area contributed by atoms with E-state index in [-0.39, 0.29) is 37.0 Å². The van der Waals surface area contributed by atoms with Crippen molar-refractivity contribution in [3.63, 3.8) is 0 Å². The van der Waals surface area contributed by atoms with Crippen LogP contribution in [0.4, 0.5) is 0 Å². The highest BCUT2D eigenvalue weighted by molar-refractivity contribution is 6.01. The zero-order valence-electron chi connectivity index (χ0n) is 18.8. The molecule has 8 heteroatoms. The third-order valence-electron chi connectivity index (χ3n) is 4.15. The lowest BCUT2D eigenvalue weighted by molar-refractivity contribution is -0.168. The molecule has 0 fully saturated rings. The van der Waals surface area contributed by atoms with Crippen LogP contribution in [0.25, 0.3) is 0 Å². The molecule has 0 bridgehead atoms. The smallest absolute Gasteiger partial charge is 0.335 e. The van der Waals surface area contributed by atoms with Gasteiger partial charge in [0.2, 0.25) is 5.91 Å². The summed E-state index contributed by atoms with van der Waals surface area (Å²) in [6.45, 7) is 6.61. The van der Waals surface area contributed by atoms with E-state index < -0.39 is 23.3 Å². The van der Waals surface area contributed by atoms with Crippen molar-refractivity contribution in [2.75, 3.05) is 20.8 Å². The Kier molecular flexibility index (Phi) is 12.9. The predicted molar refractivity (Wildman–Crippen MR) is 111 cm³/mol. The minimum atomic E-state index is -1.73. The molecule has 0 radical (unpaired) electrons. The van der Waals surface area contributed by atoms with Crippen LogP contribution in [-0.4, -0.2) is 50.7 Å². The average Bonchev–Trinajstić information content (AvgIpc) is 2.69. The van der Waals surface area contributed by atoms with Gasteiger partial charge in [0.15, 0.2) is 5.41 Å². The Hall–Kier alpha value is -2.82. The molecule has 1 amide bonds. The van der Waals surface area contributed by atoms with Crippen LogP contribution < -0.4 is 5.32 Å². The van der Waals surface area contributed by atoms with Crippen molar-refractivity contribution in [1.29, 1.82) is 0 Å². The van der Waals surface area contributed by atoms with E-state index in [0.29, 0.717) is 6.42 Å². The summed E-state index contributed by atoms with van der Waals surface area (Å²) in [5.41, 5.74) is -1.63. The van der Waals surface area contributed by atoms with Gasteiger partial charge in [-0.05, 0) is 26.7 Å². The van der Waals surface area contributed by atoms with Crippen LogP contribution in [0.2, 0.25) is 0 Å². The van der Waals surface area contributed by atoms with Crippen molar-refractivity contribution < 1.29 is 33.4 Å². The van der Waals surface area contributed by atoms with Gasteiger partial charge in [-0.3, -0.25) is 14.4 Å². The first kappa shape index (κ1) is 27.2. The lowest BCUT2D eigenvalue weighted by atomic mass is 9.80. The molecule has 8 nitrogen and oxygen atoms in total. The maximum atomic E-state index is 12.6. The molecular weight excluding hydrogens is 390 g/mol. The summed E-state index contributed by atoms with van der Waals surface area (Å²) in [4.78, 5) is 48.8. The Morgan fingerprint density at radius 1 is 1.07 bits per heavy atom. The molecule has 0 aromatic carbocycles. The Morgan fingerprint density at radius 3 is 2.13 bits per heavy atom. The van der Waals surface area contributed by atoms with Crippen LogP contribution in [0.5, 0.6) is 0 Å². The van der Waals surface area contributed by atoms with E-state index in [1.54, 1.807) is 13.8 Å². The number of ether oxygens (including phenoxy) is 3. The van der Waals surface area contributed by atoms with E-state index in [0.717, 1.165) is 12.8 Å². The molecule has 0 aliphatic rings. The van der Waals surface area contributed by atoms with Crippen molar-refractivity contribution in [2.24, 2.45) is 5.41 Å². The van der Waals surface area contributed by atoms with Gasteiger partial charge in [0.05, 0.1) is 25.9 Å². The van der Waals surface area contributed by atoms with E-state index in [2.05, 4.69) is 17.2 Å². The molecule has 0 aliphatic heterocycles. The molecule has 30 heavy (non-hydrogen) atoms. The zero-order chi connectivity index (χ0) is 23.2. The van der Waals surface area contributed by atoms with E-state index in [9.17, 15) is 19.2 Å². The number of amides is 1. The average molecular weight is 424 g/mol. The number of carbonyl (C=O) groups excluding carboxylic acids is 4. The van der Waals surface area contributed by atoms with E-state index in [1.165, 1.54) is 27.2 Å². The van der Waals surface area contributed by atoms with Gasteiger partial charge in [-0.15, -0.1) is 11.8 Å². The Balaban J connectivity index is 5.98. The molecule has 1 N–H and O–H groups in total. The number of unbranched alkanes of at least 4 members (excludes halogenated alkanes) is 2. The summed E-state index contributed by atoms with van der Waals surface area (Å²) in [6.07, 6.45) is 3.20. The van der Waals surface area contributed by atoms with Gasteiger partial charge < -0.3 is 19.5 Å². The molecule has 168 valence electrons. The normalized spacial score (nSPS) is 11.2. The van der Waals surface area contributed by atoms with Crippen LogP contribution in [0, 0.1) is 17.3 Å².